The van der Waals surface area contributed by atoms with Gasteiger partial charge in [0.1, 0.15) is 11.4 Å². The van der Waals surface area contributed by atoms with Crippen LogP contribution in [0.1, 0.15) is 29.4 Å². The molecule has 0 spiro atoms. The number of benzene rings is 1. The highest BCUT2D eigenvalue weighted by molar-refractivity contribution is 6.01. The Bertz CT molecular complexity index is 857. The van der Waals surface area contributed by atoms with Gasteiger partial charge in [-0.25, -0.2) is 9.59 Å². The highest BCUT2D eigenvalue weighted by atomic mass is 16.5. The standard InChI is InChI=1S/C18H22N2O7/c1-10-12-8-14(17(22)24-3)19-16(12)15(9-13(10)20-18(23)25-4)27-7-5-6-26-11(2)21/h8-9,19H,5-7H2,1-4H3,(H,20,23). The molecule has 0 radical (unpaired) electrons. The zero-order valence-electron chi connectivity index (χ0n) is 15.6. The summed E-state index contributed by atoms with van der Waals surface area (Å²) in [5, 5.41) is 3.31. The van der Waals surface area contributed by atoms with Gasteiger partial charge in [-0.2, -0.15) is 0 Å². The van der Waals surface area contributed by atoms with E-state index in [1.54, 1.807) is 19.1 Å². The summed E-state index contributed by atoms with van der Waals surface area (Å²) in [6.07, 6.45) is -0.138. The molecule has 1 aromatic carbocycles. The summed E-state index contributed by atoms with van der Waals surface area (Å²) in [6.45, 7) is 3.64. The van der Waals surface area contributed by atoms with Gasteiger partial charge in [-0.3, -0.25) is 10.1 Å². The minimum atomic E-state index is -0.623. The molecule has 1 heterocycles. The third-order valence-electron chi connectivity index (χ3n) is 3.83. The maximum atomic E-state index is 11.8. The number of ether oxygens (including phenoxy) is 4. The first kappa shape index (κ1) is 20.1. The molecule has 0 fully saturated rings. The zero-order chi connectivity index (χ0) is 20.0. The predicted molar refractivity (Wildman–Crippen MR) is 97.1 cm³/mol. The molecule has 0 aliphatic heterocycles. The summed E-state index contributed by atoms with van der Waals surface area (Å²) < 4.78 is 20.0. The van der Waals surface area contributed by atoms with Crippen molar-refractivity contribution in [1.29, 1.82) is 0 Å². The lowest BCUT2D eigenvalue weighted by atomic mass is 10.1. The van der Waals surface area contributed by atoms with Crippen LogP contribution in [0.4, 0.5) is 10.5 Å². The number of methoxy groups -OCH3 is 2. The molecule has 9 heteroatoms. The summed E-state index contributed by atoms with van der Waals surface area (Å²) >= 11 is 0. The molecule has 2 rings (SSSR count). The number of nitrogens with one attached hydrogen (secondary N) is 2. The topological polar surface area (TPSA) is 116 Å². The van der Waals surface area contributed by atoms with Crippen molar-refractivity contribution < 1.29 is 33.3 Å². The maximum Gasteiger partial charge on any atom is 0.411 e. The van der Waals surface area contributed by atoms with E-state index < -0.39 is 12.1 Å². The van der Waals surface area contributed by atoms with Gasteiger partial charge in [0.25, 0.3) is 0 Å². The van der Waals surface area contributed by atoms with E-state index in [1.165, 1.54) is 21.1 Å². The number of hydrogen-bond donors (Lipinski definition) is 2. The van der Waals surface area contributed by atoms with E-state index in [4.69, 9.17) is 14.2 Å². The van der Waals surface area contributed by atoms with Gasteiger partial charge in [0.05, 0.1) is 38.6 Å². The van der Waals surface area contributed by atoms with E-state index in [1.807, 2.05) is 0 Å². The molecule has 0 aliphatic carbocycles. The molecular weight excluding hydrogens is 356 g/mol. The van der Waals surface area contributed by atoms with Crippen molar-refractivity contribution in [2.75, 3.05) is 32.8 Å². The lowest BCUT2D eigenvalue weighted by Gasteiger charge is -2.13. The molecule has 9 nitrogen and oxygen atoms in total. The van der Waals surface area contributed by atoms with Gasteiger partial charge in [0, 0.05) is 24.8 Å². The Morgan fingerprint density at radius 3 is 2.48 bits per heavy atom. The Kier molecular flexibility index (Phi) is 6.64. The molecule has 146 valence electrons. The Morgan fingerprint density at radius 2 is 1.85 bits per heavy atom. The van der Waals surface area contributed by atoms with Crippen molar-refractivity contribution in [2.45, 2.75) is 20.3 Å². The zero-order valence-corrected chi connectivity index (χ0v) is 15.6. The number of aromatic amines is 1. The van der Waals surface area contributed by atoms with E-state index >= 15 is 0 Å². The van der Waals surface area contributed by atoms with E-state index in [9.17, 15) is 14.4 Å². The number of amides is 1. The molecule has 0 bridgehead atoms. The SMILES string of the molecule is COC(=O)Nc1cc(OCCCOC(C)=O)c2[nH]c(C(=O)OC)cc2c1C. The molecule has 0 saturated carbocycles. The average molecular weight is 378 g/mol. The van der Waals surface area contributed by atoms with Crippen molar-refractivity contribution in [3.63, 3.8) is 0 Å². The molecule has 1 aromatic heterocycles. The Labute approximate surface area is 155 Å². The van der Waals surface area contributed by atoms with E-state index in [-0.39, 0.29) is 24.9 Å². The van der Waals surface area contributed by atoms with Gasteiger partial charge >= 0.3 is 18.0 Å². The molecule has 0 atom stereocenters. The average Bonchev–Trinajstić information content (AvgIpc) is 3.09. The summed E-state index contributed by atoms with van der Waals surface area (Å²) in [7, 11) is 2.55. The number of fused-ring (bicyclic) bond motifs is 1. The first-order chi connectivity index (χ1) is 12.9. The Morgan fingerprint density at radius 1 is 1.11 bits per heavy atom. The third-order valence-corrected chi connectivity index (χ3v) is 3.83. The minimum absolute atomic E-state index is 0.232. The molecule has 0 aliphatic rings. The van der Waals surface area contributed by atoms with Crippen LogP contribution in [0, 0.1) is 6.92 Å². The van der Waals surface area contributed by atoms with Crippen LogP contribution in [0.5, 0.6) is 5.75 Å². The lowest BCUT2D eigenvalue weighted by molar-refractivity contribution is -0.141. The monoisotopic (exact) mass is 378 g/mol. The highest BCUT2D eigenvalue weighted by Gasteiger charge is 2.18. The van der Waals surface area contributed by atoms with Gasteiger partial charge in [0.2, 0.25) is 0 Å². The van der Waals surface area contributed by atoms with Gasteiger partial charge in [0.15, 0.2) is 0 Å². The second kappa shape index (κ2) is 8.93. The maximum absolute atomic E-state index is 11.8. The summed E-state index contributed by atoms with van der Waals surface area (Å²) in [5.41, 5.74) is 2.07. The number of aromatic nitrogens is 1. The second-order valence-electron chi connectivity index (χ2n) is 5.67. The quantitative estimate of drug-likeness (QED) is 0.432. The number of H-pyrrole nitrogens is 1. The van der Waals surface area contributed by atoms with E-state index in [0.29, 0.717) is 28.8 Å². The van der Waals surface area contributed by atoms with E-state index in [2.05, 4.69) is 15.0 Å². The normalized spacial score (nSPS) is 10.4. The fraction of sp³-hybridized carbons (Fsp3) is 0.389. The van der Waals surface area contributed by atoms with E-state index in [0.717, 1.165) is 5.56 Å². The summed E-state index contributed by atoms with van der Waals surface area (Å²) in [4.78, 5) is 37.2. The summed E-state index contributed by atoms with van der Waals surface area (Å²) in [5.74, 6) is -0.446. The van der Waals surface area contributed by atoms with Crippen LogP contribution in [-0.4, -0.2) is 50.4 Å². The molecule has 27 heavy (non-hydrogen) atoms. The smallest absolute Gasteiger partial charge is 0.411 e. The number of rotatable bonds is 7. The minimum Gasteiger partial charge on any atom is -0.491 e. The second-order valence-corrected chi connectivity index (χ2v) is 5.67. The van der Waals surface area contributed by atoms with Gasteiger partial charge in [-0.05, 0) is 18.6 Å². The number of hydrogen-bond acceptors (Lipinski definition) is 7. The van der Waals surface area contributed by atoms with Gasteiger partial charge in [-0.15, -0.1) is 0 Å². The van der Waals surface area contributed by atoms with Gasteiger partial charge in [-0.1, -0.05) is 0 Å². The number of esters is 2. The number of aryl methyl sites for hydroxylation is 1. The summed E-state index contributed by atoms with van der Waals surface area (Å²) in [6, 6.07) is 3.27. The van der Waals surface area contributed by atoms with Crippen molar-refractivity contribution in [3.05, 3.63) is 23.4 Å². The third kappa shape index (κ3) is 4.90. The van der Waals surface area contributed by atoms with Crippen LogP contribution >= 0.6 is 0 Å². The molecule has 1 amide bonds. The Balaban J connectivity index is 2.34. The Hall–Kier alpha value is -3.23. The molecular formula is C18H22N2O7. The van der Waals surface area contributed by atoms with Crippen LogP contribution < -0.4 is 10.1 Å². The van der Waals surface area contributed by atoms with Crippen molar-refractivity contribution >= 4 is 34.6 Å². The van der Waals surface area contributed by atoms with Crippen LogP contribution in [0.2, 0.25) is 0 Å². The fourth-order valence-electron chi connectivity index (χ4n) is 2.48. The molecule has 2 aromatic rings. The first-order valence-electron chi connectivity index (χ1n) is 8.23. The lowest BCUT2D eigenvalue weighted by Crippen LogP contribution is -2.12. The molecule has 2 N–H and O–H groups in total. The van der Waals surface area contributed by atoms with Crippen LogP contribution in [-0.2, 0) is 19.0 Å². The number of anilines is 1. The largest absolute Gasteiger partial charge is 0.491 e. The van der Waals surface area contributed by atoms with Crippen LogP contribution in [0.15, 0.2) is 12.1 Å². The fourth-order valence-corrected chi connectivity index (χ4v) is 2.48. The van der Waals surface area contributed by atoms with Crippen molar-refractivity contribution in [2.24, 2.45) is 0 Å². The first-order valence-corrected chi connectivity index (χ1v) is 8.23. The molecule has 0 saturated heterocycles. The molecule has 0 unspecified atom stereocenters. The van der Waals surface area contributed by atoms with Crippen molar-refractivity contribution in [3.8, 4) is 5.75 Å². The number of carbonyl (C=O) groups excluding carboxylic acids is 3. The van der Waals surface area contributed by atoms with Crippen LogP contribution in [0.25, 0.3) is 10.9 Å². The van der Waals surface area contributed by atoms with Crippen LogP contribution in [0.3, 0.4) is 0 Å². The van der Waals surface area contributed by atoms with Crippen molar-refractivity contribution in [1.82, 2.24) is 4.98 Å². The van der Waals surface area contributed by atoms with Gasteiger partial charge < -0.3 is 23.9 Å². The predicted octanol–water partition coefficient (Wildman–Crippen LogP) is 2.77. The number of carbonyl (C=O) groups is 3. The highest BCUT2D eigenvalue weighted by Crippen LogP contribution is 2.34.